The van der Waals surface area contributed by atoms with Crippen LogP contribution < -0.4 is 0 Å². The number of aliphatic hydroxyl groups excluding tert-OH is 1. The van der Waals surface area contributed by atoms with Crippen molar-refractivity contribution in [1.29, 1.82) is 0 Å². The third-order valence-corrected chi connectivity index (χ3v) is 2.74. The highest BCUT2D eigenvalue weighted by molar-refractivity contribution is 9.10. The normalized spacial score (nSPS) is 10.9. The zero-order valence-electron chi connectivity index (χ0n) is 8.63. The van der Waals surface area contributed by atoms with Crippen LogP contribution in [0, 0.1) is 0 Å². The van der Waals surface area contributed by atoms with Gasteiger partial charge >= 0.3 is 0 Å². The Kier molecular flexibility index (Phi) is 4.58. The fourth-order valence-electron chi connectivity index (χ4n) is 1.34. The molecule has 1 aromatic rings. The standard InChI is InChI=1S/C11H16BrNO/c1-13(2)8-10-4-3-9(5-6-14)7-11(10)12/h3-4,7,14H,5-6,8H2,1-2H3. The topological polar surface area (TPSA) is 23.5 Å². The van der Waals surface area contributed by atoms with Gasteiger partial charge in [0.15, 0.2) is 0 Å². The third kappa shape index (κ3) is 3.40. The van der Waals surface area contributed by atoms with E-state index in [0.717, 1.165) is 17.4 Å². The Balaban J connectivity index is 2.79. The number of hydrogen-bond acceptors (Lipinski definition) is 2. The molecular weight excluding hydrogens is 242 g/mol. The van der Waals surface area contributed by atoms with Crippen LogP contribution in [0.1, 0.15) is 11.1 Å². The highest BCUT2D eigenvalue weighted by Crippen LogP contribution is 2.19. The van der Waals surface area contributed by atoms with Gasteiger partial charge in [0, 0.05) is 17.6 Å². The summed E-state index contributed by atoms with van der Waals surface area (Å²) in [5.41, 5.74) is 2.44. The van der Waals surface area contributed by atoms with Crippen molar-refractivity contribution in [2.45, 2.75) is 13.0 Å². The maximum absolute atomic E-state index is 8.80. The summed E-state index contributed by atoms with van der Waals surface area (Å²) in [5, 5.41) is 8.80. The molecule has 3 heteroatoms. The van der Waals surface area contributed by atoms with Gasteiger partial charge in [-0.15, -0.1) is 0 Å². The molecule has 0 saturated carbocycles. The van der Waals surface area contributed by atoms with Gasteiger partial charge in [-0.25, -0.2) is 0 Å². The van der Waals surface area contributed by atoms with Crippen LogP contribution in [-0.2, 0) is 13.0 Å². The second kappa shape index (κ2) is 5.49. The van der Waals surface area contributed by atoms with Crippen LogP contribution in [-0.4, -0.2) is 30.7 Å². The van der Waals surface area contributed by atoms with Crippen molar-refractivity contribution in [3.8, 4) is 0 Å². The van der Waals surface area contributed by atoms with Crippen molar-refractivity contribution in [2.75, 3.05) is 20.7 Å². The third-order valence-electron chi connectivity index (χ3n) is 2.00. The van der Waals surface area contributed by atoms with E-state index in [-0.39, 0.29) is 6.61 Å². The summed E-state index contributed by atoms with van der Waals surface area (Å²) in [4.78, 5) is 2.13. The molecule has 0 aliphatic carbocycles. The van der Waals surface area contributed by atoms with E-state index >= 15 is 0 Å². The Morgan fingerprint density at radius 1 is 1.36 bits per heavy atom. The molecule has 0 saturated heterocycles. The molecule has 0 aliphatic rings. The lowest BCUT2D eigenvalue weighted by Crippen LogP contribution is -2.11. The Morgan fingerprint density at radius 2 is 2.07 bits per heavy atom. The minimum atomic E-state index is 0.208. The maximum atomic E-state index is 8.80. The molecule has 0 atom stereocenters. The van der Waals surface area contributed by atoms with Gasteiger partial charge < -0.3 is 10.0 Å². The van der Waals surface area contributed by atoms with Crippen LogP contribution in [0.5, 0.6) is 0 Å². The summed E-state index contributed by atoms with van der Waals surface area (Å²) in [6.45, 7) is 1.14. The monoisotopic (exact) mass is 257 g/mol. The van der Waals surface area contributed by atoms with Gasteiger partial charge in [-0.2, -0.15) is 0 Å². The molecule has 1 rings (SSSR count). The Bertz CT molecular complexity index is 299. The Morgan fingerprint density at radius 3 is 2.57 bits per heavy atom. The van der Waals surface area contributed by atoms with Gasteiger partial charge in [0.25, 0.3) is 0 Å². The summed E-state index contributed by atoms with van der Waals surface area (Å²) >= 11 is 3.54. The van der Waals surface area contributed by atoms with Crippen molar-refractivity contribution in [3.05, 3.63) is 33.8 Å². The average molecular weight is 258 g/mol. The molecule has 0 heterocycles. The Labute approximate surface area is 93.7 Å². The first kappa shape index (κ1) is 11.7. The number of nitrogens with zero attached hydrogens (tertiary/aromatic N) is 1. The van der Waals surface area contributed by atoms with Gasteiger partial charge in [-0.05, 0) is 37.7 Å². The van der Waals surface area contributed by atoms with E-state index in [4.69, 9.17) is 5.11 Å². The van der Waals surface area contributed by atoms with Gasteiger partial charge in [-0.1, -0.05) is 28.1 Å². The fourth-order valence-corrected chi connectivity index (χ4v) is 1.90. The largest absolute Gasteiger partial charge is 0.396 e. The number of hydrogen-bond donors (Lipinski definition) is 1. The summed E-state index contributed by atoms with van der Waals surface area (Å²) in [6, 6.07) is 6.25. The minimum Gasteiger partial charge on any atom is -0.396 e. The first-order chi connectivity index (χ1) is 6.63. The van der Waals surface area contributed by atoms with Crippen molar-refractivity contribution in [1.82, 2.24) is 4.90 Å². The summed E-state index contributed by atoms with van der Waals surface area (Å²) in [7, 11) is 4.10. The van der Waals surface area contributed by atoms with E-state index in [2.05, 4.69) is 39.0 Å². The molecular formula is C11H16BrNO. The number of benzene rings is 1. The number of rotatable bonds is 4. The van der Waals surface area contributed by atoms with Gasteiger partial charge in [0.1, 0.15) is 0 Å². The second-order valence-corrected chi connectivity index (χ2v) is 4.49. The van der Waals surface area contributed by atoms with Crippen LogP contribution in [0.4, 0.5) is 0 Å². The van der Waals surface area contributed by atoms with Crippen molar-refractivity contribution >= 4 is 15.9 Å². The molecule has 0 unspecified atom stereocenters. The lowest BCUT2D eigenvalue weighted by atomic mass is 10.1. The van der Waals surface area contributed by atoms with E-state index in [0.29, 0.717) is 0 Å². The van der Waals surface area contributed by atoms with Gasteiger partial charge in [-0.3, -0.25) is 0 Å². The molecule has 0 spiro atoms. The average Bonchev–Trinajstić information content (AvgIpc) is 2.10. The SMILES string of the molecule is CN(C)Cc1ccc(CCO)cc1Br. The number of halogens is 1. The Hall–Kier alpha value is -0.380. The zero-order chi connectivity index (χ0) is 10.6. The summed E-state index contributed by atoms with van der Waals surface area (Å²) in [5.74, 6) is 0. The highest BCUT2D eigenvalue weighted by atomic mass is 79.9. The van der Waals surface area contributed by atoms with Crippen LogP contribution in [0.25, 0.3) is 0 Å². The lowest BCUT2D eigenvalue weighted by Gasteiger charge is -2.12. The smallest absolute Gasteiger partial charge is 0.0471 e. The van der Waals surface area contributed by atoms with Crippen molar-refractivity contribution < 1.29 is 5.11 Å². The first-order valence-corrected chi connectivity index (χ1v) is 5.45. The molecule has 0 aromatic heterocycles. The van der Waals surface area contributed by atoms with E-state index in [9.17, 15) is 0 Å². The highest BCUT2D eigenvalue weighted by Gasteiger charge is 2.02. The summed E-state index contributed by atoms with van der Waals surface area (Å²) < 4.78 is 1.12. The van der Waals surface area contributed by atoms with E-state index in [1.807, 2.05) is 14.1 Å². The van der Waals surface area contributed by atoms with E-state index < -0.39 is 0 Å². The minimum absolute atomic E-state index is 0.208. The number of aliphatic hydroxyl groups is 1. The molecule has 14 heavy (non-hydrogen) atoms. The molecule has 0 bridgehead atoms. The van der Waals surface area contributed by atoms with Crippen LogP contribution in [0.15, 0.2) is 22.7 Å². The molecule has 0 amide bonds. The fraction of sp³-hybridized carbons (Fsp3) is 0.455. The predicted molar refractivity (Wildman–Crippen MR) is 62.3 cm³/mol. The van der Waals surface area contributed by atoms with Crippen LogP contribution in [0.2, 0.25) is 0 Å². The molecule has 2 nitrogen and oxygen atoms in total. The van der Waals surface area contributed by atoms with Gasteiger partial charge in [0.05, 0.1) is 0 Å². The van der Waals surface area contributed by atoms with Gasteiger partial charge in [0.2, 0.25) is 0 Å². The zero-order valence-corrected chi connectivity index (χ0v) is 10.2. The van der Waals surface area contributed by atoms with E-state index in [1.54, 1.807) is 0 Å². The molecule has 78 valence electrons. The molecule has 1 aromatic carbocycles. The van der Waals surface area contributed by atoms with Crippen molar-refractivity contribution in [2.24, 2.45) is 0 Å². The maximum Gasteiger partial charge on any atom is 0.0471 e. The molecule has 0 fully saturated rings. The van der Waals surface area contributed by atoms with Crippen molar-refractivity contribution in [3.63, 3.8) is 0 Å². The second-order valence-electron chi connectivity index (χ2n) is 3.64. The molecule has 0 radical (unpaired) electrons. The van der Waals surface area contributed by atoms with Crippen LogP contribution >= 0.6 is 15.9 Å². The molecule has 0 aliphatic heterocycles. The van der Waals surface area contributed by atoms with Crippen LogP contribution in [0.3, 0.4) is 0 Å². The first-order valence-electron chi connectivity index (χ1n) is 4.66. The predicted octanol–water partition coefficient (Wildman–Crippen LogP) is 2.05. The quantitative estimate of drug-likeness (QED) is 0.893. The summed E-state index contributed by atoms with van der Waals surface area (Å²) in [6.07, 6.45) is 0.723. The lowest BCUT2D eigenvalue weighted by molar-refractivity contribution is 0.299. The van der Waals surface area contributed by atoms with E-state index in [1.165, 1.54) is 11.1 Å². The molecule has 1 N–H and O–H groups in total.